The highest BCUT2D eigenvalue weighted by molar-refractivity contribution is 5.92. The zero-order valence-electron chi connectivity index (χ0n) is 17.2. The molecule has 30 heavy (non-hydrogen) atoms. The van der Waals surface area contributed by atoms with Crippen molar-refractivity contribution in [3.63, 3.8) is 0 Å². The van der Waals surface area contributed by atoms with E-state index in [1.165, 1.54) is 12.1 Å². The number of halogens is 2. The summed E-state index contributed by atoms with van der Waals surface area (Å²) in [6, 6.07) is 13.9. The highest BCUT2D eigenvalue weighted by Gasteiger charge is 2.15. The number of hydrogen-bond donors (Lipinski definition) is 3. The van der Waals surface area contributed by atoms with Crippen molar-refractivity contribution in [2.75, 3.05) is 32.0 Å². The number of alkyl halides is 2. The van der Waals surface area contributed by atoms with E-state index in [1.54, 1.807) is 19.2 Å². The van der Waals surface area contributed by atoms with Gasteiger partial charge in [-0.1, -0.05) is 37.3 Å². The second-order valence-electron chi connectivity index (χ2n) is 6.99. The quantitative estimate of drug-likeness (QED) is 0.518. The van der Waals surface area contributed by atoms with E-state index in [9.17, 15) is 18.4 Å². The lowest BCUT2D eigenvalue weighted by Gasteiger charge is -2.15. The van der Waals surface area contributed by atoms with Crippen molar-refractivity contribution in [3.05, 3.63) is 59.7 Å². The fourth-order valence-electron chi connectivity index (χ4n) is 3.00. The molecule has 0 aliphatic rings. The van der Waals surface area contributed by atoms with Gasteiger partial charge in [0.15, 0.2) is 13.1 Å². The summed E-state index contributed by atoms with van der Waals surface area (Å²) in [6.07, 6.45) is 1.39. The molecular weight excluding hydrogens is 392 g/mol. The van der Waals surface area contributed by atoms with Crippen molar-refractivity contribution in [2.45, 2.75) is 26.4 Å². The molecule has 1 atom stereocenters. The van der Waals surface area contributed by atoms with E-state index in [-0.39, 0.29) is 30.7 Å². The van der Waals surface area contributed by atoms with Gasteiger partial charge in [-0.25, -0.2) is 0 Å². The van der Waals surface area contributed by atoms with E-state index in [0.29, 0.717) is 13.0 Å². The number of carbonyl (C=O) groups is 2. The van der Waals surface area contributed by atoms with Crippen LogP contribution in [0.3, 0.4) is 0 Å². The van der Waals surface area contributed by atoms with Gasteiger partial charge < -0.3 is 20.3 Å². The number of benzene rings is 2. The molecule has 162 valence electrons. The summed E-state index contributed by atoms with van der Waals surface area (Å²) >= 11 is 0. The lowest BCUT2D eigenvalue weighted by atomic mass is 10.1. The van der Waals surface area contributed by atoms with Gasteiger partial charge in [0.2, 0.25) is 0 Å². The molecular formula is C22H28F2N3O3+. The van der Waals surface area contributed by atoms with Gasteiger partial charge >= 0.3 is 6.61 Å². The van der Waals surface area contributed by atoms with Crippen LogP contribution in [0.4, 0.5) is 14.5 Å². The number of carbonyl (C=O) groups excluding carboxylic acids is 2. The van der Waals surface area contributed by atoms with E-state index in [2.05, 4.69) is 15.4 Å². The SMILES string of the molecule is CCc1ccccc1NC(=O)C[NH+](C)CC(=O)NCCc1ccc(OC(F)F)cc1. The molecule has 0 spiro atoms. The van der Waals surface area contributed by atoms with Gasteiger partial charge in [0.05, 0.1) is 7.05 Å². The van der Waals surface area contributed by atoms with Crippen LogP contribution in [-0.4, -0.2) is 45.1 Å². The Kier molecular flexibility index (Phi) is 9.21. The van der Waals surface area contributed by atoms with Crippen LogP contribution in [-0.2, 0) is 22.4 Å². The minimum absolute atomic E-state index is 0.0999. The van der Waals surface area contributed by atoms with E-state index in [4.69, 9.17) is 0 Å². The van der Waals surface area contributed by atoms with Crippen molar-refractivity contribution in [2.24, 2.45) is 0 Å². The molecule has 1 unspecified atom stereocenters. The van der Waals surface area contributed by atoms with Crippen LogP contribution in [0.25, 0.3) is 0 Å². The van der Waals surface area contributed by atoms with Gasteiger partial charge in [-0.2, -0.15) is 8.78 Å². The van der Waals surface area contributed by atoms with Gasteiger partial charge in [-0.15, -0.1) is 0 Å². The Morgan fingerprint density at radius 2 is 1.70 bits per heavy atom. The third-order valence-electron chi connectivity index (χ3n) is 4.48. The number of para-hydroxylation sites is 1. The lowest BCUT2D eigenvalue weighted by molar-refractivity contribution is -0.862. The number of hydrogen-bond acceptors (Lipinski definition) is 3. The van der Waals surface area contributed by atoms with Crippen molar-refractivity contribution in [1.29, 1.82) is 0 Å². The van der Waals surface area contributed by atoms with E-state index >= 15 is 0 Å². The first kappa shape index (κ1) is 23.3. The third-order valence-corrected chi connectivity index (χ3v) is 4.48. The van der Waals surface area contributed by atoms with Crippen molar-refractivity contribution in [3.8, 4) is 5.75 Å². The Bertz CT molecular complexity index is 829. The maximum atomic E-state index is 12.2. The van der Waals surface area contributed by atoms with Gasteiger partial charge in [-0.05, 0) is 42.2 Å². The fraction of sp³-hybridized carbons (Fsp3) is 0.364. The lowest BCUT2D eigenvalue weighted by Crippen LogP contribution is -3.11. The molecule has 0 heterocycles. The summed E-state index contributed by atoms with van der Waals surface area (Å²) in [7, 11) is 1.78. The number of ether oxygens (including phenoxy) is 1. The summed E-state index contributed by atoms with van der Waals surface area (Å²) in [5, 5.41) is 5.71. The summed E-state index contributed by atoms with van der Waals surface area (Å²) in [5.74, 6) is -0.206. The second-order valence-corrected chi connectivity index (χ2v) is 6.99. The molecule has 0 fully saturated rings. The Labute approximate surface area is 175 Å². The molecule has 0 bridgehead atoms. The number of rotatable bonds is 11. The van der Waals surface area contributed by atoms with Gasteiger partial charge in [-0.3, -0.25) is 9.59 Å². The van der Waals surface area contributed by atoms with Gasteiger partial charge in [0, 0.05) is 12.2 Å². The molecule has 0 aromatic heterocycles. The Morgan fingerprint density at radius 3 is 2.37 bits per heavy atom. The third kappa shape index (κ3) is 8.16. The maximum absolute atomic E-state index is 12.2. The Morgan fingerprint density at radius 1 is 1.03 bits per heavy atom. The molecule has 6 nitrogen and oxygen atoms in total. The first-order valence-electron chi connectivity index (χ1n) is 9.87. The van der Waals surface area contributed by atoms with Gasteiger partial charge in [0.25, 0.3) is 11.8 Å². The minimum Gasteiger partial charge on any atom is -0.435 e. The molecule has 0 saturated carbocycles. The largest absolute Gasteiger partial charge is 0.435 e. The predicted molar refractivity (Wildman–Crippen MR) is 111 cm³/mol. The van der Waals surface area contributed by atoms with E-state index < -0.39 is 6.61 Å². The molecule has 2 aromatic rings. The molecule has 2 amide bonds. The zero-order chi connectivity index (χ0) is 21.9. The van der Waals surface area contributed by atoms with Crippen LogP contribution < -0.4 is 20.3 Å². The van der Waals surface area contributed by atoms with E-state index in [0.717, 1.165) is 28.1 Å². The summed E-state index contributed by atoms with van der Waals surface area (Å²) in [4.78, 5) is 25.1. The van der Waals surface area contributed by atoms with Crippen LogP contribution in [0.2, 0.25) is 0 Å². The fourth-order valence-corrected chi connectivity index (χ4v) is 3.00. The normalized spacial score (nSPS) is 11.8. The topological polar surface area (TPSA) is 71.9 Å². The summed E-state index contributed by atoms with van der Waals surface area (Å²) in [5.41, 5.74) is 2.76. The molecule has 0 radical (unpaired) electrons. The van der Waals surface area contributed by atoms with Gasteiger partial charge in [0.1, 0.15) is 5.75 Å². The van der Waals surface area contributed by atoms with Crippen LogP contribution in [0.1, 0.15) is 18.1 Å². The van der Waals surface area contributed by atoms with Crippen molar-refractivity contribution in [1.82, 2.24) is 5.32 Å². The number of aryl methyl sites for hydroxylation is 1. The zero-order valence-corrected chi connectivity index (χ0v) is 17.2. The van der Waals surface area contributed by atoms with Crippen LogP contribution >= 0.6 is 0 Å². The monoisotopic (exact) mass is 420 g/mol. The minimum atomic E-state index is -2.85. The number of amides is 2. The van der Waals surface area contributed by atoms with Crippen LogP contribution in [0, 0.1) is 0 Å². The van der Waals surface area contributed by atoms with E-state index in [1.807, 2.05) is 31.2 Å². The Hall–Kier alpha value is -3.00. The first-order valence-corrected chi connectivity index (χ1v) is 9.87. The molecule has 0 aliphatic heterocycles. The number of likely N-dealkylation sites (N-methyl/N-ethyl adjacent to an activating group) is 1. The number of nitrogens with one attached hydrogen (secondary N) is 3. The second kappa shape index (κ2) is 11.9. The summed E-state index contributed by atoms with van der Waals surface area (Å²) < 4.78 is 28.6. The molecule has 2 aromatic carbocycles. The molecule has 3 N–H and O–H groups in total. The summed E-state index contributed by atoms with van der Waals surface area (Å²) in [6.45, 7) is -0.0607. The predicted octanol–water partition coefficient (Wildman–Crippen LogP) is 1.66. The number of anilines is 1. The Balaban J connectivity index is 1.69. The average Bonchev–Trinajstić information content (AvgIpc) is 2.69. The molecule has 0 aliphatic carbocycles. The van der Waals surface area contributed by atoms with Crippen LogP contribution in [0.15, 0.2) is 48.5 Å². The smallest absolute Gasteiger partial charge is 0.387 e. The van der Waals surface area contributed by atoms with Crippen LogP contribution in [0.5, 0.6) is 5.75 Å². The first-order chi connectivity index (χ1) is 14.4. The highest BCUT2D eigenvalue weighted by atomic mass is 19.3. The van der Waals surface area contributed by atoms with Crippen molar-refractivity contribution < 1.29 is 28.0 Å². The standard InChI is InChI=1S/C22H27F2N3O3/c1-3-17-6-4-5-7-19(17)26-21(29)15-27(2)14-20(28)25-13-12-16-8-10-18(11-9-16)30-22(23)24/h4-11,22H,3,12-15H2,1-2H3,(H,25,28)(H,26,29)/p+1. The molecule has 8 heteroatoms. The average molecular weight is 420 g/mol. The number of quaternary nitrogens is 1. The molecule has 0 saturated heterocycles. The maximum Gasteiger partial charge on any atom is 0.387 e. The highest BCUT2D eigenvalue weighted by Crippen LogP contribution is 2.15. The van der Waals surface area contributed by atoms with Crippen molar-refractivity contribution >= 4 is 17.5 Å². The molecule has 2 rings (SSSR count).